The van der Waals surface area contributed by atoms with E-state index in [1.54, 1.807) is 12.1 Å². The molecule has 2 fully saturated rings. The Labute approximate surface area is 201 Å². The van der Waals surface area contributed by atoms with Gasteiger partial charge in [0, 0.05) is 39.5 Å². The number of amides is 2. The van der Waals surface area contributed by atoms with Crippen molar-refractivity contribution >= 4 is 39.8 Å². The Morgan fingerprint density at radius 2 is 2.06 bits per heavy atom. The summed E-state index contributed by atoms with van der Waals surface area (Å²) in [5.74, 6) is -0.552. The summed E-state index contributed by atoms with van der Waals surface area (Å²) >= 11 is 1.44. The van der Waals surface area contributed by atoms with Crippen LogP contribution in [0.25, 0.3) is 0 Å². The first kappa shape index (κ1) is 24.1. The van der Waals surface area contributed by atoms with Crippen LogP contribution in [0.3, 0.4) is 0 Å². The quantitative estimate of drug-likeness (QED) is 0.511. The topological polar surface area (TPSA) is 117 Å². The Morgan fingerprint density at radius 1 is 1.26 bits per heavy atom. The fraction of sp³-hybridized carbons (Fsp3) is 0.545. The minimum absolute atomic E-state index is 0.191. The van der Waals surface area contributed by atoms with Gasteiger partial charge < -0.3 is 20.7 Å². The molecule has 2 saturated heterocycles. The SMILES string of the molecule is CC(=O)NC[C@H]1CN(c2ccc(N3CCN(CCCCc4nnc(N)s4)CC3)c(F)c2)C(=O)O1. The van der Waals surface area contributed by atoms with Gasteiger partial charge in [0.25, 0.3) is 0 Å². The van der Waals surface area contributed by atoms with Gasteiger partial charge in [-0.3, -0.25) is 14.6 Å². The molecule has 0 spiro atoms. The molecule has 184 valence electrons. The molecule has 4 rings (SSSR count). The Bertz CT molecular complexity index is 1010. The van der Waals surface area contributed by atoms with Gasteiger partial charge in [-0.2, -0.15) is 0 Å². The van der Waals surface area contributed by atoms with E-state index < -0.39 is 12.2 Å². The molecule has 2 aliphatic rings. The van der Waals surface area contributed by atoms with Gasteiger partial charge >= 0.3 is 6.09 Å². The second-order valence-corrected chi connectivity index (χ2v) is 9.60. The fourth-order valence-corrected chi connectivity index (χ4v) is 4.86. The summed E-state index contributed by atoms with van der Waals surface area (Å²) in [4.78, 5) is 29.1. The third-order valence-electron chi connectivity index (χ3n) is 6.01. The van der Waals surface area contributed by atoms with Crippen LogP contribution in [-0.2, 0) is 16.0 Å². The second-order valence-electron chi connectivity index (χ2n) is 8.51. The van der Waals surface area contributed by atoms with Crippen LogP contribution in [0, 0.1) is 5.82 Å². The molecule has 3 N–H and O–H groups in total. The maximum Gasteiger partial charge on any atom is 0.414 e. The summed E-state index contributed by atoms with van der Waals surface area (Å²) in [6, 6.07) is 4.85. The number of nitrogens with one attached hydrogen (secondary N) is 1. The van der Waals surface area contributed by atoms with Crippen LogP contribution >= 0.6 is 11.3 Å². The molecule has 0 unspecified atom stereocenters. The van der Waals surface area contributed by atoms with Gasteiger partial charge in [-0.25, -0.2) is 9.18 Å². The number of anilines is 3. The zero-order valence-corrected chi connectivity index (χ0v) is 20.0. The molecule has 0 aliphatic carbocycles. The number of rotatable bonds is 9. The Morgan fingerprint density at radius 3 is 2.74 bits per heavy atom. The maximum absolute atomic E-state index is 15.0. The highest BCUT2D eigenvalue weighted by atomic mass is 32.1. The molecule has 1 aromatic heterocycles. The number of nitrogens with zero attached hydrogens (tertiary/aromatic N) is 5. The van der Waals surface area contributed by atoms with Gasteiger partial charge in [-0.15, -0.1) is 10.2 Å². The van der Waals surface area contributed by atoms with Gasteiger partial charge in [0.1, 0.15) is 16.9 Å². The number of hydrogen-bond acceptors (Lipinski definition) is 9. The van der Waals surface area contributed by atoms with Crippen molar-refractivity contribution in [3.05, 3.63) is 29.0 Å². The molecule has 2 aromatic rings. The van der Waals surface area contributed by atoms with Crippen LogP contribution in [0.15, 0.2) is 18.2 Å². The van der Waals surface area contributed by atoms with E-state index in [9.17, 15) is 14.0 Å². The number of hydrogen-bond donors (Lipinski definition) is 2. The van der Waals surface area contributed by atoms with Crippen molar-refractivity contribution in [1.82, 2.24) is 20.4 Å². The number of unbranched alkanes of at least 4 members (excludes halogenated alkanes) is 1. The first-order valence-corrected chi connectivity index (χ1v) is 12.3. The van der Waals surface area contributed by atoms with Gasteiger partial charge in [-0.05, 0) is 37.6 Å². The largest absolute Gasteiger partial charge is 0.442 e. The van der Waals surface area contributed by atoms with E-state index >= 15 is 0 Å². The van der Waals surface area contributed by atoms with Gasteiger partial charge in [0.2, 0.25) is 11.0 Å². The van der Waals surface area contributed by atoms with Gasteiger partial charge in [0.15, 0.2) is 0 Å². The maximum atomic E-state index is 15.0. The number of carbonyl (C=O) groups is 2. The van der Waals surface area contributed by atoms with Crippen LogP contribution in [0.4, 0.5) is 25.7 Å². The Kier molecular flexibility index (Phi) is 7.78. The third-order valence-corrected chi connectivity index (χ3v) is 6.82. The van der Waals surface area contributed by atoms with E-state index in [2.05, 4.69) is 20.4 Å². The minimum Gasteiger partial charge on any atom is -0.442 e. The van der Waals surface area contributed by atoms with Crippen LogP contribution in [0.1, 0.15) is 24.8 Å². The van der Waals surface area contributed by atoms with Crippen LogP contribution < -0.4 is 20.9 Å². The molecule has 10 nitrogen and oxygen atoms in total. The smallest absolute Gasteiger partial charge is 0.414 e. The predicted octanol–water partition coefficient (Wildman–Crippen LogP) is 1.87. The molecule has 2 amide bonds. The Balaban J connectivity index is 1.23. The number of nitrogen functional groups attached to an aromatic ring is 1. The lowest BCUT2D eigenvalue weighted by Crippen LogP contribution is -2.47. The monoisotopic (exact) mass is 491 g/mol. The summed E-state index contributed by atoms with van der Waals surface area (Å²) < 4.78 is 20.2. The summed E-state index contributed by atoms with van der Waals surface area (Å²) in [6.45, 7) is 6.14. The number of cyclic esters (lactones) is 1. The molecule has 3 heterocycles. The van der Waals surface area contributed by atoms with Crippen molar-refractivity contribution in [3.63, 3.8) is 0 Å². The zero-order valence-electron chi connectivity index (χ0n) is 19.2. The number of nitrogens with two attached hydrogens (primary N) is 1. The second kappa shape index (κ2) is 11.0. The van der Waals surface area contributed by atoms with Crippen molar-refractivity contribution < 1.29 is 18.7 Å². The lowest BCUT2D eigenvalue weighted by Gasteiger charge is -2.36. The highest BCUT2D eigenvalue weighted by Crippen LogP contribution is 2.28. The standard InChI is InChI=1S/C22H30FN7O3S/c1-15(31)25-13-17-14-30(22(32)33-17)16-5-6-19(18(23)12-16)29-10-8-28(9-11-29)7-3-2-4-20-26-27-21(24)34-20/h5-6,12,17H,2-4,7-11,13-14H2,1H3,(H2,24,27)(H,25,31)/t17-/m0/s1. The normalized spacial score (nSPS) is 18.9. The lowest BCUT2D eigenvalue weighted by molar-refractivity contribution is -0.119. The number of benzene rings is 1. The average Bonchev–Trinajstić information content (AvgIpc) is 3.40. The molecule has 12 heteroatoms. The predicted molar refractivity (Wildman–Crippen MR) is 129 cm³/mol. The van der Waals surface area contributed by atoms with Crippen molar-refractivity contribution in [2.45, 2.75) is 32.3 Å². The first-order chi connectivity index (χ1) is 16.4. The zero-order chi connectivity index (χ0) is 24.1. The molecule has 34 heavy (non-hydrogen) atoms. The molecular formula is C22H30FN7O3S. The first-order valence-electron chi connectivity index (χ1n) is 11.5. The average molecular weight is 492 g/mol. The van der Waals surface area contributed by atoms with Crippen LogP contribution in [-0.4, -0.2) is 79.0 Å². The molecule has 2 aliphatic heterocycles. The minimum atomic E-state index is -0.536. The summed E-state index contributed by atoms with van der Waals surface area (Å²) in [7, 11) is 0. The third kappa shape index (κ3) is 6.11. The lowest BCUT2D eigenvalue weighted by atomic mass is 10.2. The number of ether oxygens (including phenoxy) is 1. The molecule has 0 saturated carbocycles. The molecule has 1 aromatic carbocycles. The fourth-order valence-electron chi connectivity index (χ4n) is 4.21. The number of aryl methyl sites for hydroxylation is 1. The molecule has 1 atom stereocenters. The van der Waals surface area contributed by atoms with Crippen molar-refractivity contribution in [2.24, 2.45) is 0 Å². The molecular weight excluding hydrogens is 461 g/mol. The number of carbonyl (C=O) groups excluding carboxylic acids is 2. The summed E-state index contributed by atoms with van der Waals surface area (Å²) in [5, 5.41) is 12.0. The van der Waals surface area contributed by atoms with Crippen LogP contribution in [0.5, 0.6) is 0 Å². The summed E-state index contributed by atoms with van der Waals surface area (Å²) in [5.41, 5.74) is 6.61. The van der Waals surface area contributed by atoms with Crippen molar-refractivity contribution in [1.29, 1.82) is 0 Å². The highest BCUT2D eigenvalue weighted by Gasteiger charge is 2.33. The van der Waals surface area contributed by atoms with E-state index in [0.29, 0.717) is 16.5 Å². The number of halogens is 1. The molecule has 0 bridgehead atoms. The Hall–Kier alpha value is -2.99. The summed E-state index contributed by atoms with van der Waals surface area (Å²) in [6.07, 6.45) is 2.01. The van der Waals surface area contributed by atoms with E-state index in [4.69, 9.17) is 10.5 Å². The van der Waals surface area contributed by atoms with E-state index in [-0.39, 0.29) is 24.8 Å². The van der Waals surface area contributed by atoms with E-state index in [1.165, 1.54) is 29.2 Å². The van der Waals surface area contributed by atoms with E-state index in [1.807, 2.05) is 4.90 Å². The number of piperazine rings is 1. The highest BCUT2D eigenvalue weighted by molar-refractivity contribution is 7.15. The van der Waals surface area contributed by atoms with Crippen LogP contribution in [0.2, 0.25) is 0 Å². The van der Waals surface area contributed by atoms with Gasteiger partial charge in [0.05, 0.1) is 24.5 Å². The van der Waals surface area contributed by atoms with Crippen molar-refractivity contribution in [3.8, 4) is 0 Å². The number of aromatic nitrogens is 2. The van der Waals surface area contributed by atoms with E-state index in [0.717, 1.165) is 57.0 Å². The van der Waals surface area contributed by atoms with Crippen molar-refractivity contribution in [2.75, 3.05) is 61.3 Å². The van der Waals surface area contributed by atoms with Gasteiger partial charge in [-0.1, -0.05) is 11.3 Å². The molecule has 0 radical (unpaired) electrons.